The summed E-state index contributed by atoms with van der Waals surface area (Å²) in [6, 6.07) is 8.79. The van der Waals surface area contributed by atoms with Crippen molar-refractivity contribution >= 4 is 11.9 Å². The molecule has 0 spiro atoms. The van der Waals surface area contributed by atoms with E-state index in [4.69, 9.17) is 4.74 Å². The Balaban J connectivity index is 1.08. The fourth-order valence-electron chi connectivity index (χ4n) is 4.61. The van der Waals surface area contributed by atoms with Gasteiger partial charge in [-0.2, -0.15) is 15.4 Å². The summed E-state index contributed by atoms with van der Waals surface area (Å²) in [5, 5.41) is 13.9. The molecule has 1 aliphatic carbocycles. The van der Waals surface area contributed by atoms with E-state index < -0.39 is 0 Å². The van der Waals surface area contributed by atoms with Gasteiger partial charge in [-0.15, -0.1) is 0 Å². The lowest BCUT2D eigenvalue weighted by atomic mass is 9.97. The molecule has 5 rings (SSSR count). The van der Waals surface area contributed by atoms with Crippen LogP contribution in [0.25, 0.3) is 0 Å². The summed E-state index contributed by atoms with van der Waals surface area (Å²) < 4.78 is 5.94. The third-order valence-corrected chi connectivity index (χ3v) is 6.62. The maximum absolute atomic E-state index is 12.9. The Kier molecular flexibility index (Phi) is 6.30. The van der Waals surface area contributed by atoms with Crippen LogP contribution in [-0.4, -0.2) is 61.9 Å². The molecule has 9 heteroatoms. The normalized spacial score (nSPS) is 17.7. The summed E-state index contributed by atoms with van der Waals surface area (Å²) in [5.41, 5.74) is 4.09. The second kappa shape index (κ2) is 9.66. The molecule has 1 aliphatic heterocycles. The predicted molar refractivity (Wildman–Crippen MR) is 123 cm³/mol. The molecule has 2 aliphatic rings. The zero-order valence-corrected chi connectivity index (χ0v) is 18.8. The Labute approximate surface area is 193 Å². The Morgan fingerprint density at radius 2 is 1.85 bits per heavy atom. The minimum atomic E-state index is -0.0916. The molecule has 1 amide bonds. The van der Waals surface area contributed by atoms with Gasteiger partial charge in [-0.25, -0.2) is 9.97 Å². The highest BCUT2D eigenvalue weighted by molar-refractivity contribution is 5.93. The van der Waals surface area contributed by atoms with Crippen LogP contribution in [0.15, 0.2) is 42.9 Å². The van der Waals surface area contributed by atoms with Crippen molar-refractivity contribution in [2.24, 2.45) is 5.92 Å². The first-order valence-corrected chi connectivity index (χ1v) is 11.6. The van der Waals surface area contributed by atoms with Crippen molar-refractivity contribution in [1.29, 1.82) is 0 Å². The Morgan fingerprint density at radius 3 is 2.48 bits per heavy atom. The summed E-state index contributed by atoms with van der Waals surface area (Å²) in [7, 11) is 0. The van der Waals surface area contributed by atoms with Crippen LogP contribution in [0.2, 0.25) is 0 Å². The second-order valence-corrected chi connectivity index (χ2v) is 8.92. The Hall–Kier alpha value is -3.33. The summed E-state index contributed by atoms with van der Waals surface area (Å²) in [5.74, 6) is 0.994. The topological polar surface area (TPSA) is 109 Å². The molecular formula is C24H29N7O2. The molecule has 0 radical (unpaired) electrons. The average molecular weight is 448 g/mol. The van der Waals surface area contributed by atoms with Crippen LogP contribution in [0.5, 0.6) is 0 Å². The Morgan fingerprint density at radius 1 is 1.15 bits per heavy atom. The monoisotopic (exact) mass is 447 g/mol. The van der Waals surface area contributed by atoms with E-state index in [1.165, 1.54) is 11.1 Å². The van der Waals surface area contributed by atoms with Crippen molar-refractivity contribution in [2.75, 3.05) is 25.0 Å². The van der Waals surface area contributed by atoms with Gasteiger partial charge in [-0.3, -0.25) is 4.79 Å². The van der Waals surface area contributed by atoms with E-state index in [9.17, 15) is 4.79 Å². The number of likely N-dealkylation sites (tertiary alicyclic amines) is 1. The number of rotatable bonds is 7. The van der Waals surface area contributed by atoms with E-state index in [0.29, 0.717) is 37.1 Å². The van der Waals surface area contributed by atoms with Gasteiger partial charge < -0.3 is 15.0 Å². The fourth-order valence-corrected chi connectivity index (χ4v) is 4.61. The van der Waals surface area contributed by atoms with Crippen molar-refractivity contribution < 1.29 is 9.53 Å². The number of hydrogen-bond acceptors (Lipinski definition) is 7. The zero-order chi connectivity index (χ0) is 22.6. The number of amides is 1. The molecule has 2 aromatic heterocycles. The molecule has 0 saturated carbocycles. The van der Waals surface area contributed by atoms with Crippen molar-refractivity contribution in [2.45, 2.75) is 44.8 Å². The second-order valence-electron chi connectivity index (χ2n) is 8.92. The molecule has 9 nitrogen and oxygen atoms in total. The number of carbonyl (C=O) groups is 1. The molecule has 3 heterocycles. The molecule has 33 heavy (non-hydrogen) atoms. The largest absolute Gasteiger partial charge is 0.372 e. The number of fused-ring (bicyclic) bond motifs is 1. The zero-order valence-electron chi connectivity index (χ0n) is 18.8. The SMILES string of the molecule is CC(OCC1CCN(C(=O)c2cnc(NC3Cc4ccccc4C3)nc2)CC1)c1cn[nH]n1. The van der Waals surface area contributed by atoms with Crippen molar-refractivity contribution in [3.05, 3.63) is 65.2 Å². The number of ether oxygens (including phenoxy) is 1. The number of carbonyl (C=O) groups excluding carboxylic acids is 1. The number of hydrogen-bond donors (Lipinski definition) is 2. The van der Waals surface area contributed by atoms with E-state index in [-0.39, 0.29) is 18.1 Å². The van der Waals surface area contributed by atoms with Crippen LogP contribution in [0.1, 0.15) is 53.0 Å². The van der Waals surface area contributed by atoms with Gasteiger partial charge in [0.15, 0.2) is 0 Å². The molecule has 3 aromatic rings. The standard InChI is InChI=1S/C24H29N7O2/c1-16(22-14-27-30-29-22)33-15-17-6-8-31(9-7-17)23(32)20-12-25-24(26-13-20)28-21-10-18-4-2-3-5-19(18)11-21/h2-5,12-14,16-17,21H,6-11,15H2,1H3,(H,25,26,28)(H,27,29,30). The number of benzene rings is 1. The molecular weight excluding hydrogens is 418 g/mol. The van der Waals surface area contributed by atoms with Crippen LogP contribution in [0, 0.1) is 5.92 Å². The minimum Gasteiger partial charge on any atom is -0.372 e. The first-order chi connectivity index (χ1) is 16.2. The molecule has 1 saturated heterocycles. The summed E-state index contributed by atoms with van der Waals surface area (Å²) in [6.07, 6.45) is 8.63. The maximum Gasteiger partial charge on any atom is 0.256 e. The predicted octanol–water partition coefficient (Wildman–Crippen LogP) is 2.80. The number of aromatic amines is 1. The van der Waals surface area contributed by atoms with E-state index in [2.05, 4.69) is 55.0 Å². The molecule has 0 bridgehead atoms. The van der Waals surface area contributed by atoms with E-state index >= 15 is 0 Å². The average Bonchev–Trinajstić information content (AvgIpc) is 3.53. The van der Waals surface area contributed by atoms with E-state index in [1.54, 1.807) is 18.6 Å². The third-order valence-electron chi connectivity index (χ3n) is 6.62. The van der Waals surface area contributed by atoms with Crippen LogP contribution in [0.3, 0.4) is 0 Å². The van der Waals surface area contributed by atoms with Gasteiger partial charge >= 0.3 is 0 Å². The van der Waals surface area contributed by atoms with Gasteiger partial charge in [0.25, 0.3) is 5.91 Å². The maximum atomic E-state index is 12.9. The molecule has 1 fully saturated rings. The number of H-pyrrole nitrogens is 1. The number of nitrogens with one attached hydrogen (secondary N) is 2. The summed E-state index contributed by atoms with van der Waals surface area (Å²) >= 11 is 0. The lowest BCUT2D eigenvalue weighted by molar-refractivity contribution is 0.0183. The third kappa shape index (κ3) is 5.03. The summed E-state index contributed by atoms with van der Waals surface area (Å²) in [4.78, 5) is 23.6. The molecule has 172 valence electrons. The lowest BCUT2D eigenvalue weighted by Gasteiger charge is -2.32. The number of aromatic nitrogens is 5. The van der Waals surface area contributed by atoms with Crippen LogP contribution in [-0.2, 0) is 17.6 Å². The number of nitrogens with zero attached hydrogens (tertiary/aromatic N) is 5. The smallest absolute Gasteiger partial charge is 0.256 e. The van der Waals surface area contributed by atoms with Crippen molar-refractivity contribution in [3.8, 4) is 0 Å². The highest BCUT2D eigenvalue weighted by Crippen LogP contribution is 2.24. The van der Waals surface area contributed by atoms with Crippen LogP contribution >= 0.6 is 0 Å². The quantitative estimate of drug-likeness (QED) is 0.573. The van der Waals surface area contributed by atoms with Gasteiger partial charge in [0.1, 0.15) is 11.8 Å². The molecule has 1 unspecified atom stereocenters. The molecule has 2 N–H and O–H groups in total. The highest BCUT2D eigenvalue weighted by Gasteiger charge is 2.26. The van der Waals surface area contributed by atoms with Crippen LogP contribution < -0.4 is 5.32 Å². The first-order valence-electron chi connectivity index (χ1n) is 11.6. The van der Waals surface area contributed by atoms with Crippen LogP contribution in [0.4, 0.5) is 5.95 Å². The Bertz CT molecular complexity index is 1040. The van der Waals surface area contributed by atoms with E-state index in [0.717, 1.165) is 31.4 Å². The van der Waals surface area contributed by atoms with Gasteiger partial charge in [0.05, 0.1) is 18.4 Å². The van der Waals surface area contributed by atoms with Gasteiger partial charge in [0.2, 0.25) is 5.95 Å². The molecule has 1 aromatic carbocycles. The van der Waals surface area contributed by atoms with E-state index in [1.807, 2.05) is 11.8 Å². The van der Waals surface area contributed by atoms with Gasteiger partial charge in [-0.1, -0.05) is 24.3 Å². The molecule has 1 atom stereocenters. The minimum absolute atomic E-state index is 0.00912. The van der Waals surface area contributed by atoms with Gasteiger partial charge in [-0.05, 0) is 49.7 Å². The van der Waals surface area contributed by atoms with Crippen molar-refractivity contribution in [3.63, 3.8) is 0 Å². The highest BCUT2D eigenvalue weighted by atomic mass is 16.5. The summed E-state index contributed by atoms with van der Waals surface area (Å²) in [6.45, 7) is 4.06. The fraction of sp³-hybridized carbons (Fsp3) is 0.458. The van der Waals surface area contributed by atoms with Gasteiger partial charge in [0, 0.05) is 31.5 Å². The number of piperidine rings is 1. The first kappa shape index (κ1) is 21.5. The lowest BCUT2D eigenvalue weighted by Crippen LogP contribution is -2.39. The van der Waals surface area contributed by atoms with Crippen molar-refractivity contribution in [1.82, 2.24) is 30.3 Å². The number of anilines is 1.